The predicted molar refractivity (Wildman–Crippen MR) is 105 cm³/mol. The largest absolute Gasteiger partial charge is 0.458 e. The minimum atomic E-state index is -2.72. The molecule has 1 heterocycles. The second-order valence-corrected chi connectivity index (χ2v) is 10.6. The summed E-state index contributed by atoms with van der Waals surface area (Å²) in [5.74, 6) is -6.63. The van der Waals surface area contributed by atoms with Crippen molar-refractivity contribution in [2.45, 2.75) is 110 Å². The molecule has 0 aliphatic carbocycles. The number of Topliss-reactive ketones (excluding diaryl/α,β-unsaturated/α-hetero) is 1. The fourth-order valence-corrected chi connectivity index (χ4v) is 2.64. The summed E-state index contributed by atoms with van der Waals surface area (Å²) in [6.45, 7) is 17.0. The fraction of sp³-hybridized carbons (Fsp3) is 0.810. The lowest BCUT2D eigenvalue weighted by Crippen LogP contribution is -2.62. The highest BCUT2D eigenvalue weighted by Crippen LogP contribution is 2.41. The molecule has 9 heteroatoms. The molecule has 0 spiro atoms. The molecule has 0 unspecified atom stereocenters. The lowest BCUT2D eigenvalue weighted by atomic mass is 9.90. The standard InChI is InChI=1S/C21H34O9/c1-17(2,3)27-14(23)12(22)21(16(25)29-19(7,8)9)13(26-20(10,11)30-21)15(24)28-18(4,5)6/h13H,1-11H3/t13-,21-/m1/s1. The molecule has 1 rings (SSSR count). The van der Waals surface area contributed by atoms with Crippen molar-refractivity contribution in [2.24, 2.45) is 0 Å². The topological polar surface area (TPSA) is 114 Å². The Morgan fingerprint density at radius 2 is 1.17 bits per heavy atom. The molecule has 1 saturated heterocycles. The Bertz CT molecular complexity index is 716. The summed E-state index contributed by atoms with van der Waals surface area (Å²) in [5.41, 5.74) is -5.76. The van der Waals surface area contributed by atoms with Gasteiger partial charge in [-0.25, -0.2) is 14.4 Å². The summed E-state index contributed by atoms with van der Waals surface area (Å²) in [5, 5.41) is 0. The van der Waals surface area contributed by atoms with Gasteiger partial charge >= 0.3 is 17.9 Å². The van der Waals surface area contributed by atoms with Crippen LogP contribution in [-0.2, 0) is 42.9 Å². The van der Waals surface area contributed by atoms with Crippen LogP contribution in [0.25, 0.3) is 0 Å². The molecule has 1 aliphatic heterocycles. The summed E-state index contributed by atoms with van der Waals surface area (Å²) in [7, 11) is 0. The normalized spacial score (nSPS) is 24.2. The van der Waals surface area contributed by atoms with E-state index >= 15 is 0 Å². The van der Waals surface area contributed by atoms with Crippen LogP contribution in [0.5, 0.6) is 0 Å². The highest BCUT2D eigenvalue weighted by atomic mass is 16.8. The predicted octanol–water partition coefficient (Wildman–Crippen LogP) is 2.47. The smallest absolute Gasteiger partial charge is 0.379 e. The van der Waals surface area contributed by atoms with Crippen LogP contribution in [0.15, 0.2) is 0 Å². The molecule has 0 saturated carbocycles. The number of hydrogen-bond donors (Lipinski definition) is 0. The Morgan fingerprint density at radius 1 is 0.733 bits per heavy atom. The van der Waals surface area contributed by atoms with Gasteiger partial charge in [-0.15, -0.1) is 0 Å². The van der Waals surface area contributed by atoms with Gasteiger partial charge in [-0.1, -0.05) is 0 Å². The highest BCUT2D eigenvalue weighted by molar-refractivity contribution is 6.42. The first kappa shape index (κ1) is 26.0. The van der Waals surface area contributed by atoms with E-state index in [1.165, 1.54) is 13.8 Å². The molecular formula is C21H34O9. The Morgan fingerprint density at radius 3 is 1.57 bits per heavy atom. The van der Waals surface area contributed by atoms with Crippen molar-refractivity contribution in [1.29, 1.82) is 0 Å². The van der Waals surface area contributed by atoms with Crippen molar-refractivity contribution in [3.05, 3.63) is 0 Å². The summed E-state index contributed by atoms with van der Waals surface area (Å²) >= 11 is 0. The van der Waals surface area contributed by atoms with Crippen LogP contribution in [0, 0.1) is 0 Å². The Kier molecular flexibility index (Phi) is 6.88. The SMILES string of the molecule is CC(C)(C)OC(=O)C(=O)[C@@]1(C(=O)OC(C)(C)C)OC(C)(C)O[C@@H]1C(=O)OC(C)(C)C. The lowest BCUT2D eigenvalue weighted by molar-refractivity contribution is -0.203. The summed E-state index contributed by atoms with van der Waals surface area (Å²) in [4.78, 5) is 52.0. The van der Waals surface area contributed by atoms with Crippen LogP contribution < -0.4 is 0 Å². The van der Waals surface area contributed by atoms with Gasteiger partial charge in [-0.3, -0.25) is 4.79 Å². The molecule has 0 aromatic rings. The van der Waals surface area contributed by atoms with Crippen molar-refractivity contribution in [3.8, 4) is 0 Å². The number of carbonyl (C=O) groups excluding carboxylic acids is 4. The van der Waals surface area contributed by atoms with E-state index in [2.05, 4.69) is 0 Å². The molecule has 1 aliphatic rings. The Labute approximate surface area is 177 Å². The molecule has 2 atom stereocenters. The summed E-state index contributed by atoms with van der Waals surface area (Å²) < 4.78 is 27.0. The van der Waals surface area contributed by atoms with Crippen LogP contribution in [0.4, 0.5) is 0 Å². The molecule has 172 valence electrons. The zero-order valence-corrected chi connectivity index (χ0v) is 19.8. The first-order valence-corrected chi connectivity index (χ1v) is 9.72. The number of ketones is 1. The third-order valence-electron chi connectivity index (χ3n) is 3.42. The van der Waals surface area contributed by atoms with Crippen molar-refractivity contribution >= 4 is 23.7 Å². The van der Waals surface area contributed by atoms with Crippen LogP contribution in [0.1, 0.15) is 76.2 Å². The van der Waals surface area contributed by atoms with E-state index in [0.717, 1.165) is 0 Å². The number of esters is 3. The van der Waals surface area contributed by atoms with E-state index in [0.29, 0.717) is 0 Å². The molecule has 0 radical (unpaired) electrons. The molecule has 0 aromatic carbocycles. The van der Waals surface area contributed by atoms with Crippen LogP contribution in [-0.4, -0.2) is 58.0 Å². The second-order valence-electron chi connectivity index (χ2n) is 10.6. The fourth-order valence-electron chi connectivity index (χ4n) is 2.64. The lowest BCUT2D eigenvalue weighted by Gasteiger charge is -2.32. The quantitative estimate of drug-likeness (QED) is 0.287. The van der Waals surface area contributed by atoms with E-state index < -0.39 is 58.0 Å². The van der Waals surface area contributed by atoms with E-state index in [4.69, 9.17) is 23.7 Å². The van der Waals surface area contributed by atoms with Gasteiger partial charge in [0.05, 0.1) is 0 Å². The molecule has 30 heavy (non-hydrogen) atoms. The number of ether oxygens (including phenoxy) is 5. The molecule has 0 N–H and O–H groups in total. The third-order valence-corrected chi connectivity index (χ3v) is 3.42. The highest BCUT2D eigenvalue weighted by Gasteiger charge is 2.70. The molecule has 1 fully saturated rings. The van der Waals surface area contributed by atoms with Gasteiger partial charge in [0.25, 0.3) is 11.4 Å². The van der Waals surface area contributed by atoms with Crippen LogP contribution >= 0.6 is 0 Å². The van der Waals surface area contributed by atoms with Gasteiger partial charge in [0.15, 0.2) is 5.79 Å². The van der Waals surface area contributed by atoms with Gasteiger partial charge in [0, 0.05) is 0 Å². The monoisotopic (exact) mass is 430 g/mol. The number of carbonyl (C=O) groups is 4. The maximum absolute atomic E-state index is 13.3. The maximum Gasteiger partial charge on any atom is 0.379 e. The second kappa shape index (κ2) is 7.92. The molecule has 0 bridgehead atoms. The van der Waals surface area contributed by atoms with Gasteiger partial charge in [-0.2, -0.15) is 0 Å². The molecule has 0 aromatic heterocycles. The van der Waals surface area contributed by atoms with Gasteiger partial charge in [-0.05, 0) is 76.2 Å². The Balaban J connectivity index is 3.59. The average molecular weight is 430 g/mol. The molecule has 9 nitrogen and oxygen atoms in total. The van der Waals surface area contributed by atoms with E-state index in [1.807, 2.05) is 0 Å². The van der Waals surface area contributed by atoms with Gasteiger partial charge in [0.2, 0.25) is 6.10 Å². The number of rotatable bonds is 4. The van der Waals surface area contributed by atoms with E-state index in [1.54, 1.807) is 62.3 Å². The van der Waals surface area contributed by atoms with E-state index in [-0.39, 0.29) is 0 Å². The summed E-state index contributed by atoms with van der Waals surface area (Å²) in [6.07, 6.45) is -1.87. The van der Waals surface area contributed by atoms with Crippen molar-refractivity contribution in [2.75, 3.05) is 0 Å². The molecule has 0 amide bonds. The third kappa shape index (κ3) is 6.50. The van der Waals surface area contributed by atoms with Gasteiger partial charge in [0.1, 0.15) is 16.8 Å². The average Bonchev–Trinajstić information content (AvgIpc) is 2.74. The van der Waals surface area contributed by atoms with Crippen LogP contribution in [0.3, 0.4) is 0 Å². The zero-order chi connectivity index (χ0) is 23.9. The van der Waals surface area contributed by atoms with Crippen LogP contribution in [0.2, 0.25) is 0 Å². The minimum absolute atomic E-state index is 0.957. The maximum atomic E-state index is 13.3. The first-order chi connectivity index (χ1) is 13.1. The minimum Gasteiger partial charge on any atom is -0.458 e. The first-order valence-electron chi connectivity index (χ1n) is 9.72. The van der Waals surface area contributed by atoms with Crippen molar-refractivity contribution in [1.82, 2.24) is 0 Å². The Hall–Kier alpha value is -2.00. The van der Waals surface area contributed by atoms with Crippen molar-refractivity contribution in [3.63, 3.8) is 0 Å². The zero-order valence-electron chi connectivity index (χ0n) is 19.8. The number of hydrogen-bond acceptors (Lipinski definition) is 9. The van der Waals surface area contributed by atoms with Crippen molar-refractivity contribution < 1.29 is 42.9 Å². The van der Waals surface area contributed by atoms with E-state index in [9.17, 15) is 19.2 Å². The van der Waals surface area contributed by atoms with Gasteiger partial charge < -0.3 is 23.7 Å². The molecular weight excluding hydrogens is 396 g/mol. The summed E-state index contributed by atoms with van der Waals surface area (Å²) in [6, 6.07) is 0.